The number of rotatable bonds is 2. The number of benzene rings is 2. The molecule has 24 heavy (non-hydrogen) atoms. The van der Waals surface area contributed by atoms with Gasteiger partial charge in [0.05, 0.1) is 11.9 Å². The lowest BCUT2D eigenvalue weighted by Crippen LogP contribution is -2.39. The van der Waals surface area contributed by atoms with Crippen molar-refractivity contribution in [3.05, 3.63) is 75.9 Å². The lowest BCUT2D eigenvalue weighted by atomic mass is 10.1. The van der Waals surface area contributed by atoms with Crippen molar-refractivity contribution < 1.29 is 4.79 Å². The van der Waals surface area contributed by atoms with Crippen molar-refractivity contribution in [2.24, 2.45) is 0 Å². The van der Waals surface area contributed by atoms with Crippen molar-refractivity contribution in [3.63, 3.8) is 0 Å². The van der Waals surface area contributed by atoms with Gasteiger partial charge < -0.3 is 10.6 Å². The third-order valence-electron chi connectivity index (χ3n) is 3.86. The number of amides is 1. The molecule has 7 heteroatoms. The summed E-state index contributed by atoms with van der Waals surface area (Å²) in [5.41, 5.74) is 1.95. The van der Waals surface area contributed by atoms with Gasteiger partial charge >= 0.3 is 0 Å². The van der Waals surface area contributed by atoms with Crippen LogP contribution in [0.1, 0.15) is 22.1 Å². The molecule has 0 saturated carbocycles. The summed E-state index contributed by atoms with van der Waals surface area (Å²) in [7, 11) is 0. The number of halogens is 2. The molecule has 3 aromatic rings. The molecule has 5 nitrogen and oxygen atoms in total. The third kappa shape index (κ3) is 2.42. The topological polar surface area (TPSA) is 59.0 Å². The molecular weight excluding hydrogens is 347 g/mol. The summed E-state index contributed by atoms with van der Waals surface area (Å²) in [6.07, 6.45) is 1.00. The van der Waals surface area contributed by atoms with E-state index >= 15 is 0 Å². The summed E-state index contributed by atoms with van der Waals surface area (Å²) < 4.78 is 1.69. The summed E-state index contributed by atoms with van der Waals surface area (Å²) in [6, 6.07) is 14.8. The van der Waals surface area contributed by atoms with Crippen molar-refractivity contribution in [1.82, 2.24) is 15.1 Å². The standard InChI is InChI=1S/C17H12Cl2N4O/c18-12-7-4-8-13(19)14(12)15-21-16-11(17(24)22-15)9-20-23(16)10-5-2-1-3-6-10/h1-9,15,21H,(H,22,24). The molecule has 1 aliphatic heterocycles. The van der Waals surface area contributed by atoms with Gasteiger partial charge in [-0.3, -0.25) is 4.79 Å². The normalized spacial score (nSPS) is 16.2. The summed E-state index contributed by atoms with van der Waals surface area (Å²) in [6.45, 7) is 0. The van der Waals surface area contributed by atoms with Crippen LogP contribution >= 0.6 is 23.2 Å². The van der Waals surface area contributed by atoms with Crippen LogP contribution < -0.4 is 10.6 Å². The first-order valence-corrected chi connectivity index (χ1v) is 8.05. The Hall–Kier alpha value is -2.50. The lowest BCUT2D eigenvalue weighted by molar-refractivity contribution is 0.0935. The van der Waals surface area contributed by atoms with E-state index in [1.54, 1.807) is 22.9 Å². The molecular formula is C17H12Cl2N4O. The molecule has 1 aromatic heterocycles. The van der Waals surface area contributed by atoms with Gasteiger partial charge in [-0.1, -0.05) is 47.5 Å². The molecule has 1 atom stereocenters. The fourth-order valence-electron chi connectivity index (χ4n) is 2.73. The van der Waals surface area contributed by atoms with Gasteiger partial charge in [0.25, 0.3) is 5.91 Å². The van der Waals surface area contributed by atoms with Gasteiger partial charge in [0, 0.05) is 15.6 Å². The van der Waals surface area contributed by atoms with Gasteiger partial charge in [-0.2, -0.15) is 5.10 Å². The summed E-state index contributed by atoms with van der Waals surface area (Å²) in [5.74, 6) is 0.373. The number of carbonyl (C=O) groups excluding carboxylic acids is 1. The predicted molar refractivity (Wildman–Crippen MR) is 93.9 cm³/mol. The van der Waals surface area contributed by atoms with Gasteiger partial charge in [0.15, 0.2) is 0 Å². The molecule has 2 heterocycles. The number of hydrogen-bond donors (Lipinski definition) is 2. The Morgan fingerprint density at radius 1 is 0.958 bits per heavy atom. The van der Waals surface area contributed by atoms with Crippen LogP contribution in [-0.2, 0) is 0 Å². The van der Waals surface area contributed by atoms with Crippen molar-refractivity contribution in [2.75, 3.05) is 5.32 Å². The van der Waals surface area contributed by atoms with E-state index in [9.17, 15) is 4.79 Å². The molecule has 4 rings (SSSR count). The largest absolute Gasteiger partial charge is 0.345 e. The van der Waals surface area contributed by atoms with Gasteiger partial charge in [0.2, 0.25) is 0 Å². The number of anilines is 1. The Morgan fingerprint density at radius 2 is 1.67 bits per heavy atom. The van der Waals surface area contributed by atoms with Crippen LogP contribution in [0, 0.1) is 0 Å². The molecule has 1 amide bonds. The molecule has 1 unspecified atom stereocenters. The first-order valence-electron chi connectivity index (χ1n) is 7.30. The first kappa shape index (κ1) is 15.1. The van der Waals surface area contributed by atoms with Crippen LogP contribution in [0.3, 0.4) is 0 Å². The third-order valence-corrected chi connectivity index (χ3v) is 4.52. The number of para-hydroxylation sites is 1. The average molecular weight is 359 g/mol. The highest BCUT2D eigenvalue weighted by molar-refractivity contribution is 6.36. The summed E-state index contributed by atoms with van der Waals surface area (Å²) >= 11 is 12.5. The quantitative estimate of drug-likeness (QED) is 0.726. The van der Waals surface area contributed by atoms with Crippen LogP contribution in [0.5, 0.6) is 0 Å². The van der Waals surface area contributed by atoms with E-state index < -0.39 is 6.17 Å². The van der Waals surface area contributed by atoms with Gasteiger partial charge in [-0.15, -0.1) is 0 Å². The van der Waals surface area contributed by atoms with E-state index in [1.807, 2.05) is 30.3 Å². The highest BCUT2D eigenvalue weighted by Gasteiger charge is 2.30. The van der Waals surface area contributed by atoms with E-state index in [0.717, 1.165) is 5.69 Å². The molecule has 0 saturated heterocycles. The van der Waals surface area contributed by atoms with E-state index in [-0.39, 0.29) is 5.91 Å². The van der Waals surface area contributed by atoms with Gasteiger partial charge in [-0.05, 0) is 24.3 Å². The Bertz CT molecular complexity index is 903. The zero-order chi connectivity index (χ0) is 16.7. The van der Waals surface area contributed by atoms with Crippen LogP contribution in [0.4, 0.5) is 5.82 Å². The fourth-order valence-corrected chi connectivity index (χ4v) is 3.35. The van der Waals surface area contributed by atoms with Crippen LogP contribution in [0.2, 0.25) is 10.0 Å². The number of nitrogens with one attached hydrogen (secondary N) is 2. The maximum atomic E-state index is 12.4. The molecule has 120 valence electrons. The second kappa shape index (κ2) is 5.85. The van der Waals surface area contributed by atoms with Crippen LogP contribution in [0.15, 0.2) is 54.7 Å². The van der Waals surface area contributed by atoms with Crippen molar-refractivity contribution in [1.29, 1.82) is 0 Å². The number of fused-ring (bicyclic) bond motifs is 1. The van der Waals surface area contributed by atoms with E-state index in [4.69, 9.17) is 23.2 Å². The first-order chi connectivity index (χ1) is 11.6. The molecule has 2 aromatic carbocycles. The van der Waals surface area contributed by atoms with Crippen LogP contribution in [0.25, 0.3) is 5.69 Å². The van der Waals surface area contributed by atoms with Gasteiger partial charge in [0.1, 0.15) is 17.5 Å². The molecule has 0 fully saturated rings. The number of nitrogens with zero attached hydrogens (tertiary/aromatic N) is 2. The Labute approximate surface area is 148 Å². The highest BCUT2D eigenvalue weighted by atomic mass is 35.5. The predicted octanol–water partition coefficient (Wildman–Crippen LogP) is 4.03. The summed E-state index contributed by atoms with van der Waals surface area (Å²) in [5, 5.41) is 11.4. The SMILES string of the molecule is O=C1NC(c2c(Cl)cccc2Cl)Nc2c1cnn2-c1ccccc1. The zero-order valence-corrected chi connectivity index (χ0v) is 13.8. The average Bonchev–Trinajstić information content (AvgIpc) is 3.00. The smallest absolute Gasteiger partial charge is 0.258 e. The minimum absolute atomic E-state index is 0.230. The minimum Gasteiger partial charge on any atom is -0.345 e. The fraction of sp³-hybridized carbons (Fsp3) is 0.0588. The number of carbonyl (C=O) groups is 1. The molecule has 2 N–H and O–H groups in total. The Balaban J connectivity index is 1.80. The maximum absolute atomic E-state index is 12.4. The molecule has 0 radical (unpaired) electrons. The molecule has 0 spiro atoms. The number of hydrogen-bond acceptors (Lipinski definition) is 3. The number of aromatic nitrogens is 2. The van der Waals surface area contributed by atoms with Crippen molar-refractivity contribution in [3.8, 4) is 5.69 Å². The Kier molecular flexibility index (Phi) is 3.67. The molecule has 0 aliphatic carbocycles. The van der Waals surface area contributed by atoms with Crippen molar-refractivity contribution >= 4 is 34.9 Å². The van der Waals surface area contributed by atoms with Crippen LogP contribution in [-0.4, -0.2) is 15.7 Å². The highest BCUT2D eigenvalue weighted by Crippen LogP contribution is 2.35. The van der Waals surface area contributed by atoms with E-state index in [1.165, 1.54) is 6.20 Å². The molecule has 1 aliphatic rings. The monoisotopic (exact) mass is 358 g/mol. The maximum Gasteiger partial charge on any atom is 0.258 e. The zero-order valence-electron chi connectivity index (χ0n) is 12.3. The molecule has 0 bridgehead atoms. The minimum atomic E-state index is -0.537. The Morgan fingerprint density at radius 3 is 2.38 bits per heavy atom. The van der Waals surface area contributed by atoms with E-state index in [0.29, 0.717) is 27.0 Å². The second-order valence-electron chi connectivity index (χ2n) is 5.34. The summed E-state index contributed by atoms with van der Waals surface area (Å²) in [4.78, 5) is 12.4. The van der Waals surface area contributed by atoms with Crippen molar-refractivity contribution in [2.45, 2.75) is 6.17 Å². The van der Waals surface area contributed by atoms with Gasteiger partial charge in [-0.25, -0.2) is 4.68 Å². The second-order valence-corrected chi connectivity index (χ2v) is 6.15. The lowest BCUT2D eigenvalue weighted by Gasteiger charge is -2.28. The van der Waals surface area contributed by atoms with E-state index in [2.05, 4.69) is 15.7 Å².